The van der Waals surface area contributed by atoms with Gasteiger partial charge >= 0.3 is 0 Å². The van der Waals surface area contributed by atoms with Gasteiger partial charge in [-0.05, 0) is 37.7 Å². The van der Waals surface area contributed by atoms with Crippen LogP contribution in [0.25, 0.3) is 0 Å². The lowest BCUT2D eigenvalue weighted by Crippen LogP contribution is -2.30. The summed E-state index contributed by atoms with van der Waals surface area (Å²) in [6, 6.07) is 4.96. The SMILES string of the molecule is CSC(=Nc1ccc(N2CCCCC2)c(F)c1)NC#N. The molecule has 106 valence electrons. The van der Waals surface area contributed by atoms with Crippen LogP contribution in [-0.2, 0) is 0 Å². The first kappa shape index (κ1) is 14.7. The number of rotatable bonds is 2. The third-order valence-electron chi connectivity index (χ3n) is 3.21. The van der Waals surface area contributed by atoms with Crippen LogP contribution in [0.5, 0.6) is 0 Å². The molecular formula is C14H17FN4S. The number of hydrogen-bond acceptors (Lipinski definition) is 4. The molecule has 0 spiro atoms. The lowest BCUT2D eigenvalue weighted by molar-refractivity contribution is 0.557. The van der Waals surface area contributed by atoms with Gasteiger partial charge in [0.15, 0.2) is 11.4 Å². The number of anilines is 1. The maximum Gasteiger partial charge on any atom is 0.183 e. The molecule has 0 saturated carbocycles. The van der Waals surface area contributed by atoms with Crippen molar-refractivity contribution in [2.24, 2.45) is 4.99 Å². The van der Waals surface area contributed by atoms with Gasteiger partial charge < -0.3 is 4.90 Å². The maximum atomic E-state index is 14.2. The van der Waals surface area contributed by atoms with Crippen molar-refractivity contribution < 1.29 is 4.39 Å². The van der Waals surface area contributed by atoms with Gasteiger partial charge in [-0.3, -0.25) is 5.32 Å². The normalized spacial score (nSPS) is 15.8. The van der Waals surface area contributed by atoms with Crippen LogP contribution in [0.15, 0.2) is 23.2 Å². The molecule has 1 saturated heterocycles. The lowest BCUT2D eigenvalue weighted by atomic mass is 10.1. The van der Waals surface area contributed by atoms with E-state index in [9.17, 15) is 4.39 Å². The van der Waals surface area contributed by atoms with Crippen molar-refractivity contribution >= 4 is 28.3 Å². The molecule has 0 radical (unpaired) electrons. The fourth-order valence-corrected chi connectivity index (χ4v) is 2.59. The van der Waals surface area contributed by atoms with E-state index in [0.29, 0.717) is 16.5 Å². The minimum Gasteiger partial charge on any atom is -0.369 e. The van der Waals surface area contributed by atoms with Crippen LogP contribution >= 0.6 is 11.8 Å². The quantitative estimate of drug-likeness (QED) is 0.393. The molecule has 0 aromatic heterocycles. The first-order chi connectivity index (χ1) is 9.74. The fraction of sp³-hybridized carbons (Fsp3) is 0.429. The molecule has 0 aliphatic carbocycles. The first-order valence-corrected chi connectivity index (χ1v) is 7.79. The van der Waals surface area contributed by atoms with Crippen molar-refractivity contribution in [3.63, 3.8) is 0 Å². The summed E-state index contributed by atoms with van der Waals surface area (Å²) in [7, 11) is 0. The molecule has 6 heteroatoms. The molecule has 0 bridgehead atoms. The van der Waals surface area contributed by atoms with Crippen LogP contribution in [-0.4, -0.2) is 24.5 Å². The molecule has 2 rings (SSSR count). The Balaban J connectivity index is 2.19. The largest absolute Gasteiger partial charge is 0.369 e. The first-order valence-electron chi connectivity index (χ1n) is 6.57. The molecule has 1 N–H and O–H groups in total. The number of piperidine rings is 1. The van der Waals surface area contributed by atoms with Crippen molar-refractivity contribution in [1.82, 2.24) is 5.32 Å². The summed E-state index contributed by atoms with van der Waals surface area (Å²) in [6.45, 7) is 1.82. The Morgan fingerprint density at radius 1 is 1.40 bits per heavy atom. The molecule has 1 heterocycles. The van der Waals surface area contributed by atoms with Crippen molar-refractivity contribution in [2.75, 3.05) is 24.2 Å². The highest BCUT2D eigenvalue weighted by molar-refractivity contribution is 8.13. The average Bonchev–Trinajstić information content (AvgIpc) is 2.48. The number of nitrogens with one attached hydrogen (secondary N) is 1. The highest BCUT2D eigenvalue weighted by Gasteiger charge is 2.14. The highest BCUT2D eigenvalue weighted by Crippen LogP contribution is 2.27. The molecule has 1 fully saturated rings. The molecule has 1 aliphatic rings. The predicted octanol–water partition coefficient (Wildman–Crippen LogP) is 3.24. The second-order valence-electron chi connectivity index (χ2n) is 4.54. The third kappa shape index (κ3) is 3.64. The minimum atomic E-state index is -0.259. The lowest BCUT2D eigenvalue weighted by Gasteiger charge is -2.29. The zero-order valence-electron chi connectivity index (χ0n) is 11.4. The number of thioether (sulfide) groups is 1. The molecule has 4 nitrogen and oxygen atoms in total. The monoisotopic (exact) mass is 292 g/mol. The number of benzene rings is 1. The zero-order chi connectivity index (χ0) is 14.4. The summed E-state index contributed by atoms with van der Waals surface area (Å²) >= 11 is 1.31. The predicted molar refractivity (Wildman–Crippen MR) is 81.8 cm³/mol. The van der Waals surface area contributed by atoms with E-state index in [-0.39, 0.29) is 5.82 Å². The van der Waals surface area contributed by atoms with E-state index in [1.54, 1.807) is 12.1 Å². The zero-order valence-corrected chi connectivity index (χ0v) is 12.2. The number of nitrogens with zero attached hydrogens (tertiary/aromatic N) is 3. The standard InChI is InChI=1S/C14H17FN4S/c1-20-14(17-10-16)18-11-5-6-13(12(15)9-11)19-7-3-2-4-8-19/h5-6,9H,2-4,7-8H2,1H3,(H,17,18). The summed E-state index contributed by atoms with van der Waals surface area (Å²) in [5.74, 6) is -0.259. The number of amidine groups is 1. The average molecular weight is 292 g/mol. The molecule has 0 amide bonds. The molecule has 1 aliphatic heterocycles. The van der Waals surface area contributed by atoms with Crippen LogP contribution in [0.3, 0.4) is 0 Å². The van der Waals surface area contributed by atoms with Crippen molar-refractivity contribution in [2.45, 2.75) is 19.3 Å². The van der Waals surface area contributed by atoms with Gasteiger partial charge in [0, 0.05) is 19.2 Å². The summed E-state index contributed by atoms with van der Waals surface area (Å²) in [5, 5.41) is 11.5. The number of hydrogen-bond donors (Lipinski definition) is 1. The van der Waals surface area contributed by atoms with Crippen LogP contribution < -0.4 is 10.2 Å². The van der Waals surface area contributed by atoms with E-state index >= 15 is 0 Å². The van der Waals surface area contributed by atoms with Crippen LogP contribution in [0.1, 0.15) is 19.3 Å². The number of nitriles is 1. The van der Waals surface area contributed by atoms with E-state index in [0.717, 1.165) is 25.9 Å². The maximum absolute atomic E-state index is 14.2. The summed E-state index contributed by atoms with van der Waals surface area (Å²) in [5.41, 5.74) is 1.15. The fourth-order valence-electron chi connectivity index (χ4n) is 2.25. The molecule has 20 heavy (non-hydrogen) atoms. The van der Waals surface area contributed by atoms with Crippen molar-refractivity contribution in [3.05, 3.63) is 24.0 Å². The topological polar surface area (TPSA) is 51.4 Å². The Morgan fingerprint density at radius 3 is 2.75 bits per heavy atom. The smallest absolute Gasteiger partial charge is 0.183 e. The van der Waals surface area contributed by atoms with Gasteiger partial charge in [0.2, 0.25) is 0 Å². The van der Waals surface area contributed by atoms with Gasteiger partial charge in [-0.2, -0.15) is 5.26 Å². The highest BCUT2D eigenvalue weighted by atomic mass is 32.2. The molecular weight excluding hydrogens is 275 g/mol. The Morgan fingerprint density at radius 2 is 2.15 bits per heavy atom. The van der Waals surface area contributed by atoms with Crippen molar-refractivity contribution in [3.8, 4) is 6.19 Å². The van der Waals surface area contributed by atoms with Gasteiger partial charge in [0.05, 0.1) is 11.4 Å². The van der Waals surface area contributed by atoms with Gasteiger partial charge in [0.1, 0.15) is 5.82 Å². The molecule has 0 atom stereocenters. The van der Waals surface area contributed by atoms with E-state index in [2.05, 4.69) is 15.2 Å². The Bertz CT molecular complexity index is 532. The van der Waals surface area contributed by atoms with Crippen molar-refractivity contribution in [1.29, 1.82) is 5.26 Å². The van der Waals surface area contributed by atoms with Crippen LogP contribution in [0.4, 0.5) is 15.8 Å². The number of aliphatic imine (C=N–C) groups is 1. The second-order valence-corrected chi connectivity index (χ2v) is 5.34. The minimum absolute atomic E-state index is 0.259. The van der Waals surface area contributed by atoms with Crippen LogP contribution in [0, 0.1) is 17.3 Å². The van der Waals surface area contributed by atoms with E-state index in [4.69, 9.17) is 5.26 Å². The Kier molecular flexibility index (Phi) is 5.24. The second kappa shape index (κ2) is 7.15. The van der Waals surface area contributed by atoms with Gasteiger partial charge in [-0.1, -0.05) is 11.8 Å². The van der Waals surface area contributed by atoms with Gasteiger partial charge in [-0.15, -0.1) is 0 Å². The molecule has 1 aromatic carbocycles. The van der Waals surface area contributed by atoms with Crippen LogP contribution in [0.2, 0.25) is 0 Å². The van der Waals surface area contributed by atoms with E-state index in [1.807, 2.05) is 12.4 Å². The van der Waals surface area contributed by atoms with E-state index in [1.165, 1.54) is 24.2 Å². The third-order valence-corrected chi connectivity index (χ3v) is 3.79. The summed E-state index contributed by atoms with van der Waals surface area (Å²) in [6.07, 6.45) is 7.07. The Labute approximate surface area is 122 Å². The Hall–Kier alpha value is -1.74. The van der Waals surface area contributed by atoms with E-state index < -0.39 is 0 Å². The molecule has 0 unspecified atom stereocenters. The number of halogens is 1. The van der Waals surface area contributed by atoms with Gasteiger partial charge in [0.25, 0.3) is 0 Å². The molecule has 1 aromatic rings. The van der Waals surface area contributed by atoms with Gasteiger partial charge in [-0.25, -0.2) is 9.38 Å². The summed E-state index contributed by atoms with van der Waals surface area (Å²) in [4.78, 5) is 6.28. The summed E-state index contributed by atoms with van der Waals surface area (Å²) < 4.78 is 14.2.